The SMILES string of the molecule is Cc1cn2nc(C)ccc2n1. The summed E-state index contributed by atoms with van der Waals surface area (Å²) in [6, 6.07) is 3.93. The Kier molecular flexibility index (Phi) is 1.18. The molecule has 2 heterocycles. The molecule has 2 rings (SSSR count). The normalized spacial score (nSPS) is 10.7. The minimum absolute atomic E-state index is 0.910. The highest BCUT2D eigenvalue weighted by Gasteiger charge is 1.96. The number of nitrogens with zero attached hydrogens (tertiary/aromatic N) is 3. The van der Waals surface area contributed by atoms with E-state index in [4.69, 9.17) is 0 Å². The molecule has 0 N–H and O–H groups in total. The Bertz CT molecular complexity index is 389. The van der Waals surface area contributed by atoms with Crippen LogP contribution in [0.4, 0.5) is 0 Å². The van der Waals surface area contributed by atoms with Gasteiger partial charge in [0.25, 0.3) is 0 Å². The van der Waals surface area contributed by atoms with Crippen LogP contribution in [0.3, 0.4) is 0 Å². The average molecular weight is 147 g/mol. The van der Waals surface area contributed by atoms with Gasteiger partial charge in [0.15, 0.2) is 5.65 Å². The maximum Gasteiger partial charge on any atom is 0.153 e. The fourth-order valence-electron chi connectivity index (χ4n) is 1.10. The molecule has 3 nitrogen and oxygen atoms in total. The minimum Gasteiger partial charge on any atom is -0.232 e. The molecule has 0 aliphatic rings. The molecule has 56 valence electrons. The molecule has 0 amide bonds. The van der Waals surface area contributed by atoms with Crippen molar-refractivity contribution in [3.8, 4) is 0 Å². The molecule has 2 aromatic rings. The highest BCUT2D eigenvalue weighted by Crippen LogP contribution is 2.02. The van der Waals surface area contributed by atoms with Crippen LogP contribution in [0, 0.1) is 13.8 Å². The van der Waals surface area contributed by atoms with Crippen LogP contribution in [-0.2, 0) is 0 Å². The fourth-order valence-corrected chi connectivity index (χ4v) is 1.10. The van der Waals surface area contributed by atoms with Gasteiger partial charge in [-0.1, -0.05) is 0 Å². The number of hydrogen-bond donors (Lipinski definition) is 0. The molecule has 0 aliphatic carbocycles. The van der Waals surface area contributed by atoms with Gasteiger partial charge in [0.05, 0.1) is 17.6 Å². The van der Waals surface area contributed by atoms with E-state index in [2.05, 4.69) is 10.1 Å². The number of aryl methyl sites for hydroxylation is 2. The molecule has 0 bridgehead atoms. The molecule has 0 spiro atoms. The third-order valence-electron chi connectivity index (χ3n) is 1.57. The van der Waals surface area contributed by atoms with Crippen molar-refractivity contribution >= 4 is 5.65 Å². The van der Waals surface area contributed by atoms with Crippen LogP contribution in [-0.4, -0.2) is 14.6 Å². The molecule has 11 heavy (non-hydrogen) atoms. The van der Waals surface area contributed by atoms with E-state index in [0.717, 1.165) is 17.0 Å². The Hall–Kier alpha value is -1.38. The lowest BCUT2D eigenvalue weighted by Crippen LogP contribution is -1.91. The van der Waals surface area contributed by atoms with Crippen LogP contribution in [0.1, 0.15) is 11.4 Å². The summed E-state index contributed by atoms with van der Waals surface area (Å²) in [7, 11) is 0. The van der Waals surface area contributed by atoms with Crippen LogP contribution in [0.2, 0.25) is 0 Å². The zero-order valence-electron chi connectivity index (χ0n) is 6.57. The Morgan fingerprint density at radius 3 is 2.82 bits per heavy atom. The molecule has 0 radical (unpaired) electrons. The maximum absolute atomic E-state index is 4.25. The van der Waals surface area contributed by atoms with Gasteiger partial charge in [0, 0.05) is 0 Å². The topological polar surface area (TPSA) is 30.2 Å². The van der Waals surface area contributed by atoms with Crippen molar-refractivity contribution in [3.05, 3.63) is 29.7 Å². The predicted molar refractivity (Wildman–Crippen MR) is 42.5 cm³/mol. The molecule has 0 aliphatic heterocycles. The fraction of sp³-hybridized carbons (Fsp3) is 0.250. The number of rotatable bonds is 0. The lowest BCUT2D eigenvalue weighted by atomic mass is 10.4. The first kappa shape index (κ1) is 6.34. The Balaban J connectivity index is 2.82. The van der Waals surface area contributed by atoms with Crippen molar-refractivity contribution in [2.24, 2.45) is 0 Å². The standard InChI is InChI=1S/C8H9N3/c1-6-3-4-8-9-7(2)5-11(8)10-6/h3-5H,1-2H3. The van der Waals surface area contributed by atoms with Crippen LogP contribution >= 0.6 is 0 Å². The molecule has 0 saturated heterocycles. The van der Waals surface area contributed by atoms with Gasteiger partial charge in [-0.25, -0.2) is 9.50 Å². The molecule has 0 saturated carbocycles. The van der Waals surface area contributed by atoms with Crippen molar-refractivity contribution in [1.29, 1.82) is 0 Å². The quantitative estimate of drug-likeness (QED) is 0.563. The zero-order valence-corrected chi connectivity index (χ0v) is 6.57. The van der Waals surface area contributed by atoms with E-state index in [1.54, 1.807) is 4.52 Å². The lowest BCUT2D eigenvalue weighted by Gasteiger charge is -1.91. The molecule has 0 aromatic carbocycles. The number of aromatic nitrogens is 3. The van der Waals surface area contributed by atoms with E-state index < -0.39 is 0 Å². The number of hydrogen-bond acceptors (Lipinski definition) is 2. The van der Waals surface area contributed by atoms with Crippen LogP contribution in [0.25, 0.3) is 5.65 Å². The summed E-state index contributed by atoms with van der Waals surface area (Å²) in [4.78, 5) is 4.25. The number of imidazole rings is 1. The average Bonchev–Trinajstić information content (AvgIpc) is 2.27. The molecule has 2 aromatic heterocycles. The molecule has 0 fully saturated rings. The van der Waals surface area contributed by atoms with Crippen molar-refractivity contribution in [1.82, 2.24) is 14.6 Å². The second-order valence-corrected chi connectivity index (χ2v) is 2.66. The Morgan fingerprint density at radius 1 is 1.18 bits per heavy atom. The second kappa shape index (κ2) is 2.05. The first-order valence-corrected chi connectivity index (χ1v) is 3.55. The van der Waals surface area contributed by atoms with Crippen molar-refractivity contribution in [2.75, 3.05) is 0 Å². The first-order chi connectivity index (χ1) is 5.25. The van der Waals surface area contributed by atoms with Gasteiger partial charge in [-0.05, 0) is 26.0 Å². The highest BCUT2D eigenvalue weighted by molar-refractivity contribution is 5.37. The van der Waals surface area contributed by atoms with Gasteiger partial charge in [0.1, 0.15) is 0 Å². The van der Waals surface area contributed by atoms with E-state index >= 15 is 0 Å². The molecule has 3 heteroatoms. The second-order valence-electron chi connectivity index (χ2n) is 2.66. The summed E-state index contributed by atoms with van der Waals surface area (Å²) in [5.41, 5.74) is 2.92. The van der Waals surface area contributed by atoms with E-state index in [-0.39, 0.29) is 0 Å². The monoisotopic (exact) mass is 147 g/mol. The van der Waals surface area contributed by atoms with Gasteiger partial charge < -0.3 is 0 Å². The zero-order chi connectivity index (χ0) is 7.84. The molecule has 0 unspecified atom stereocenters. The maximum atomic E-state index is 4.25. The van der Waals surface area contributed by atoms with Gasteiger partial charge in [0.2, 0.25) is 0 Å². The van der Waals surface area contributed by atoms with E-state index in [9.17, 15) is 0 Å². The van der Waals surface area contributed by atoms with Crippen molar-refractivity contribution in [3.63, 3.8) is 0 Å². The smallest absolute Gasteiger partial charge is 0.153 e. The van der Waals surface area contributed by atoms with E-state index in [0.29, 0.717) is 0 Å². The van der Waals surface area contributed by atoms with Gasteiger partial charge in [-0.2, -0.15) is 5.10 Å². The van der Waals surface area contributed by atoms with Crippen LogP contribution in [0.15, 0.2) is 18.3 Å². The van der Waals surface area contributed by atoms with Crippen molar-refractivity contribution < 1.29 is 0 Å². The summed E-state index contributed by atoms with van der Waals surface area (Å²) in [6.07, 6.45) is 1.92. The lowest BCUT2D eigenvalue weighted by molar-refractivity contribution is 0.900. The summed E-state index contributed by atoms with van der Waals surface area (Å²) in [6.45, 7) is 3.93. The molecular formula is C8H9N3. The Morgan fingerprint density at radius 2 is 2.00 bits per heavy atom. The van der Waals surface area contributed by atoms with Crippen molar-refractivity contribution in [2.45, 2.75) is 13.8 Å². The van der Waals surface area contributed by atoms with Gasteiger partial charge in [-0.15, -0.1) is 0 Å². The number of fused-ring (bicyclic) bond motifs is 1. The van der Waals surface area contributed by atoms with Crippen LogP contribution < -0.4 is 0 Å². The van der Waals surface area contributed by atoms with Crippen LogP contribution in [0.5, 0.6) is 0 Å². The van der Waals surface area contributed by atoms with Gasteiger partial charge >= 0.3 is 0 Å². The summed E-state index contributed by atoms with van der Waals surface area (Å²) < 4.78 is 1.80. The first-order valence-electron chi connectivity index (χ1n) is 3.55. The summed E-state index contributed by atoms with van der Waals surface area (Å²) in [5, 5.41) is 4.25. The van der Waals surface area contributed by atoms with Gasteiger partial charge in [-0.3, -0.25) is 0 Å². The Labute approximate surface area is 64.7 Å². The summed E-state index contributed by atoms with van der Waals surface area (Å²) >= 11 is 0. The third-order valence-corrected chi connectivity index (χ3v) is 1.57. The largest absolute Gasteiger partial charge is 0.232 e. The minimum atomic E-state index is 0.910. The third kappa shape index (κ3) is 0.981. The predicted octanol–water partition coefficient (Wildman–Crippen LogP) is 1.35. The molecule has 0 atom stereocenters. The highest BCUT2D eigenvalue weighted by atomic mass is 15.2. The summed E-state index contributed by atoms with van der Waals surface area (Å²) in [5.74, 6) is 0. The van der Waals surface area contributed by atoms with E-state index in [1.165, 1.54) is 0 Å². The van der Waals surface area contributed by atoms with E-state index in [1.807, 2.05) is 32.2 Å². The molecular weight excluding hydrogens is 138 g/mol.